The monoisotopic (exact) mass is 439 g/mol. The van der Waals surface area contributed by atoms with Crippen molar-refractivity contribution in [2.75, 3.05) is 13.1 Å². The van der Waals surface area contributed by atoms with Crippen molar-refractivity contribution in [1.82, 2.24) is 15.2 Å². The number of amides is 2. The number of rotatable bonds is 4. The van der Waals surface area contributed by atoms with Crippen molar-refractivity contribution in [2.45, 2.75) is 17.7 Å². The number of phenols is 1. The van der Waals surface area contributed by atoms with Crippen molar-refractivity contribution in [2.24, 2.45) is 0 Å². The normalized spacial score (nSPS) is 14.5. The second-order valence-electron chi connectivity index (χ2n) is 7.26. The van der Waals surface area contributed by atoms with Gasteiger partial charge in [-0.3, -0.25) is 20.4 Å². The molecule has 9 heteroatoms. The number of hydrogen-bond donors (Lipinski definition) is 3. The smallest absolute Gasteiger partial charge is 0.273 e. The molecule has 1 aliphatic rings. The molecule has 31 heavy (non-hydrogen) atoms. The molecule has 0 saturated carbocycles. The molecule has 1 aliphatic heterocycles. The van der Waals surface area contributed by atoms with Crippen LogP contribution in [0.4, 0.5) is 0 Å². The molecule has 8 nitrogen and oxygen atoms in total. The van der Waals surface area contributed by atoms with Crippen LogP contribution < -0.4 is 10.9 Å². The molecule has 0 atom stereocenters. The summed E-state index contributed by atoms with van der Waals surface area (Å²) >= 11 is 0. The van der Waals surface area contributed by atoms with Crippen molar-refractivity contribution in [3.8, 4) is 5.75 Å². The lowest BCUT2D eigenvalue weighted by Crippen LogP contribution is -2.41. The Labute approximate surface area is 179 Å². The van der Waals surface area contributed by atoms with Crippen molar-refractivity contribution in [1.29, 1.82) is 0 Å². The van der Waals surface area contributed by atoms with Crippen LogP contribution >= 0.6 is 0 Å². The first kappa shape index (κ1) is 20.8. The van der Waals surface area contributed by atoms with E-state index in [0.29, 0.717) is 13.1 Å². The maximum absolute atomic E-state index is 12.6. The predicted molar refractivity (Wildman–Crippen MR) is 115 cm³/mol. The van der Waals surface area contributed by atoms with Crippen LogP contribution in [-0.4, -0.2) is 42.7 Å². The number of sulfonamides is 1. The highest BCUT2D eigenvalue weighted by Crippen LogP contribution is 2.25. The minimum absolute atomic E-state index is 0.0195. The minimum Gasteiger partial charge on any atom is -0.507 e. The Hall–Kier alpha value is -3.43. The summed E-state index contributed by atoms with van der Waals surface area (Å²) in [5, 5.41) is 11.7. The Morgan fingerprint density at radius 2 is 1.42 bits per heavy atom. The van der Waals surface area contributed by atoms with Crippen LogP contribution in [0.1, 0.15) is 33.6 Å². The molecule has 0 aromatic heterocycles. The maximum atomic E-state index is 12.6. The van der Waals surface area contributed by atoms with Gasteiger partial charge >= 0.3 is 0 Å². The van der Waals surface area contributed by atoms with Crippen molar-refractivity contribution in [3.63, 3.8) is 0 Å². The number of carbonyl (C=O) groups excluding carboxylic acids is 2. The number of hydrogen-bond acceptors (Lipinski definition) is 5. The van der Waals surface area contributed by atoms with Crippen molar-refractivity contribution >= 4 is 32.6 Å². The van der Waals surface area contributed by atoms with E-state index in [9.17, 15) is 23.1 Å². The first-order valence-electron chi connectivity index (χ1n) is 9.79. The molecule has 0 bridgehead atoms. The fourth-order valence-electron chi connectivity index (χ4n) is 3.52. The number of fused-ring (bicyclic) bond motifs is 1. The van der Waals surface area contributed by atoms with E-state index in [4.69, 9.17) is 0 Å². The molecule has 2 amide bonds. The summed E-state index contributed by atoms with van der Waals surface area (Å²) < 4.78 is 26.5. The van der Waals surface area contributed by atoms with Gasteiger partial charge in [0.05, 0.1) is 10.5 Å². The Morgan fingerprint density at radius 3 is 2.06 bits per heavy atom. The van der Waals surface area contributed by atoms with Gasteiger partial charge in [-0.15, -0.1) is 0 Å². The van der Waals surface area contributed by atoms with Gasteiger partial charge in [-0.25, -0.2) is 8.42 Å². The van der Waals surface area contributed by atoms with Crippen LogP contribution in [0.3, 0.4) is 0 Å². The quantitative estimate of drug-likeness (QED) is 0.540. The zero-order chi connectivity index (χ0) is 22.0. The van der Waals surface area contributed by atoms with Crippen LogP contribution in [0.15, 0.2) is 65.6 Å². The number of nitrogens with one attached hydrogen (secondary N) is 2. The molecule has 1 heterocycles. The Balaban J connectivity index is 1.43. The zero-order valence-electron chi connectivity index (χ0n) is 16.5. The summed E-state index contributed by atoms with van der Waals surface area (Å²) in [4.78, 5) is 24.9. The fraction of sp³-hybridized carbons (Fsp3) is 0.182. The highest BCUT2D eigenvalue weighted by Gasteiger charge is 2.27. The first-order valence-corrected chi connectivity index (χ1v) is 11.2. The van der Waals surface area contributed by atoms with Gasteiger partial charge in [-0.1, -0.05) is 24.3 Å². The predicted octanol–water partition coefficient (Wildman–Crippen LogP) is 2.40. The molecule has 0 radical (unpaired) electrons. The molecule has 160 valence electrons. The number of hydrazine groups is 1. The van der Waals surface area contributed by atoms with Crippen molar-refractivity contribution in [3.05, 3.63) is 71.8 Å². The molecule has 3 N–H and O–H groups in total. The molecular weight excluding hydrogens is 418 g/mol. The second kappa shape index (κ2) is 8.37. The summed E-state index contributed by atoms with van der Waals surface area (Å²) in [5.74, 6) is -1.49. The van der Waals surface area contributed by atoms with Gasteiger partial charge in [0.15, 0.2) is 0 Å². The largest absolute Gasteiger partial charge is 0.507 e. The molecule has 0 aliphatic carbocycles. The van der Waals surface area contributed by atoms with E-state index in [1.165, 1.54) is 40.7 Å². The fourth-order valence-corrected chi connectivity index (χ4v) is 5.04. The lowest BCUT2D eigenvalue weighted by atomic mass is 10.1. The molecule has 0 spiro atoms. The van der Waals surface area contributed by atoms with E-state index < -0.39 is 21.8 Å². The van der Waals surface area contributed by atoms with Crippen LogP contribution in [0, 0.1) is 0 Å². The molecular formula is C22H21N3O5S. The van der Waals surface area contributed by atoms with Crippen LogP contribution in [-0.2, 0) is 10.0 Å². The van der Waals surface area contributed by atoms with Crippen LogP contribution in [0.25, 0.3) is 10.8 Å². The van der Waals surface area contributed by atoms with Crippen molar-refractivity contribution < 1.29 is 23.1 Å². The van der Waals surface area contributed by atoms with Crippen LogP contribution in [0.5, 0.6) is 5.75 Å². The van der Waals surface area contributed by atoms with E-state index in [2.05, 4.69) is 10.9 Å². The third-order valence-corrected chi connectivity index (χ3v) is 7.13. The lowest BCUT2D eigenvalue weighted by Gasteiger charge is -2.15. The van der Waals surface area contributed by atoms with Gasteiger partial charge in [-0.2, -0.15) is 4.31 Å². The molecule has 1 fully saturated rings. The maximum Gasteiger partial charge on any atom is 0.273 e. The average Bonchev–Trinajstić information content (AvgIpc) is 3.33. The van der Waals surface area contributed by atoms with E-state index in [1.54, 1.807) is 0 Å². The van der Waals surface area contributed by atoms with Gasteiger partial charge < -0.3 is 5.11 Å². The molecule has 4 rings (SSSR count). The number of benzene rings is 3. The Morgan fingerprint density at radius 1 is 0.839 bits per heavy atom. The number of phenolic OH excluding ortho intramolecular Hbond substituents is 1. The highest BCUT2D eigenvalue weighted by molar-refractivity contribution is 7.89. The van der Waals surface area contributed by atoms with E-state index in [1.807, 2.05) is 24.3 Å². The highest BCUT2D eigenvalue weighted by atomic mass is 32.2. The van der Waals surface area contributed by atoms with Gasteiger partial charge in [0, 0.05) is 18.7 Å². The van der Waals surface area contributed by atoms with Crippen LogP contribution in [0.2, 0.25) is 0 Å². The summed E-state index contributed by atoms with van der Waals surface area (Å²) in [5.41, 5.74) is 4.75. The standard InChI is InChI=1S/C22H21N3O5S/c26-20-14-17-6-2-1-5-16(17)13-19(20)22(28)24-23-21(27)15-7-9-18(10-8-15)31(29,30)25-11-3-4-12-25/h1-2,5-10,13-14,26H,3-4,11-12H2,(H,23,27)(H,24,28). The molecule has 1 saturated heterocycles. The van der Waals surface area contributed by atoms with E-state index in [-0.39, 0.29) is 21.8 Å². The molecule has 0 unspecified atom stereocenters. The lowest BCUT2D eigenvalue weighted by molar-refractivity contribution is 0.0845. The topological polar surface area (TPSA) is 116 Å². The average molecular weight is 439 g/mol. The van der Waals surface area contributed by atoms with Gasteiger partial charge in [0.1, 0.15) is 5.75 Å². The Bertz CT molecular complexity index is 1250. The first-order chi connectivity index (χ1) is 14.9. The third-order valence-electron chi connectivity index (χ3n) is 5.22. The number of carbonyl (C=O) groups is 2. The second-order valence-corrected chi connectivity index (χ2v) is 9.20. The zero-order valence-corrected chi connectivity index (χ0v) is 17.4. The van der Waals surface area contributed by atoms with Gasteiger partial charge in [0.25, 0.3) is 11.8 Å². The van der Waals surface area contributed by atoms with E-state index in [0.717, 1.165) is 23.6 Å². The number of nitrogens with zero attached hydrogens (tertiary/aromatic N) is 1. The molecule has 3 aromatic rings. The summed E-state index contributed by atoms with van der Waals surface area (Å²) in [6.07, 6.45) is 1.68. The Kier molecular flexibility index (Phi) is 5.62. The SMILES string of the molecule is O=C(NNC(=O)c1cc2ccccc2cc1O)c1ccc(S(=O)(=O)N2CCCC2)cc1. The summed E-state index contributed by atoms with van der Waals surface area (Å²) in [6, 6.07) is 15.8. The van der Waals surface area contributed by atoms with Gasteiger partial charge in [0.2, 0.25) is 10.0 Å². The summed E-state index contributed by atoms with van der Waals surface area (Å²) in [6.45, 7) is 0.996. The number of aromatic hydroxyl groups is 1. The van der Waals surface area contributed by atoms with Gasteiger partial charge in [-0.05, 0) is 60.0 Å². The minimum atomic E-state index is -3.56. The summed E-state index contributed by atoms with van der Waals surface area (Å²) in [7, 11) is -3.56. The third kappa shape index (κ3) is 4.23. The van der Waals surface area contributed by atoms with E-state index >= 15 is 0 Å². The molecule has 3 aromatic carbocycles.